The molecule has 15 heavy (non-hydrogen) atoms. The summed E-state index contributed by atoms with van der Waals surface area (Å²) in [5.74, 6) is 1.57. The van der Waals surface area contributed by atoms with Gasteiger partial charge in [-0.2, -0.15) is 5.26 Å². The Hall–Kier alpha value is -0.940. The Kier molecular flexibility index (Phi) is 2.75. The van der Waals surface area contributed by atoms with Gasteiger partial charge in [0.15, 0.2) is 0 Å². The predicted molar refractivity (Wildman–Crippen MR) is 63.9 cm³/mol. The molecule has 0 aromatic heterocycles. The van der Waals surface area contributed by atoms with Crippen LogP contribution < -0.4 is 0 Å². The average Bonchev–Trinajstić information content (AvgIpc) is 2.94. The summed E-state index contributed by atoms with van der Waals surface area (Å²) in [4.78, 5) is 1.32. The Labute approximate surface area is 95.5 Å². The summed E-state index contributed by atoms with van der Waals surface area (Å²) < 4.78 is 0. The molecule has 0 bridgehead atoms. The van der Waals surface area contributed by atoms with Gasteiger partial charge in [0, 0.05) is 10.8 Å². The number of hydrogen-bond acceptors (Lipinski definition) is 2. The second-order valence-electron chi connectivity index (χ2n) is 4.29. The summed E-state index contributed by atoms with van der Waals surface area (Å²) in [7, 11) is 0. The van der Waals surface area contributed by atoms with Crippen LogP contribution in [0.5, 0.6) is 0 Å². The fourth-order valence-corrected chi connectivity index (χ4v) is 2.60. The molecule has 2 unspecified atom stereocenters. The molecule has 78 valence electrons. The fraction of sp³-hybridized carbons (Fsp3) is 0.462. The lowest BCUT2D eigenvalue weighted by Crippen LogP contribution is -1.92. The summed E-state index contributed by atoms with van der Waals surface area (Å²) in [6.07, 6.45) is 1.02. The Morgan fingerprint density at radius 1 is 1.47 bits per heavy atom. The molecule has 1 aliphatic rings. The highest BCUT2D eigenvalue weighted by Gasteiger charge is 2.51. The highest BCUT2D eigenvalue weighted by atomic mass is 32.2. The van der Waals surface area contributed by atoms with Crippen molar-refractivity contribution >= 4 is 11.8 Å². The molecule has 0 aliphatic heterocycles. The molecule has 1 aromatic rings. The van der Waals surface area contributed by atoms with Gasteiger partial charge in [0.05, 0.1) is 11.5 Å². The molecule has 0 heterocycles. The zero-order chi connectivity index (χ0) is 10.9. The maximum Gasteiger partial charge on any atom is 0.0693 e. The van der Waals surface area contributed by atoms with Gasteiger partial charge in [0.1, 0.15) is 0 Å². The molecule has 0 amide bonds. The van der Waals surface area contributed by atoms with Crippen LogP contribution in [-0.2, 0) is 0 Å². The van der Waals surface area contributed by atoms with Gasteiger partial charge in [-0.15, -0.1) is 11.8 Å². The first-order chi connectivity index (χ1) is 7.19. The second-order valence-corrected chi connectivity index (χ2v) is 5.63. The highest BCUT2D eigenvalue weighted by molar-refractivity contribution is 7.99. The van der Waals surface area contributed by atoms with Crippen LogP contribution in [0, 0.1) is 16.7 Å². The van der Waals surface area contributed by atoms with E-state index in [4.69, 9.17) is 5.26 Å². The molecule has 2 heteroatoms. The largest absolute Gasteiger partial charge is 0.198 e. The molecule has 0 radical (unpaired) electrons. The molecule has 0 N–H and O–H groups in total. The van der Waals surface area contributed by atoms with E-state index in [1.54, 1.807) is 0 Å². The van der Waals surface area contributed by atoms with Crippen LogP contribution in [0.1, 0.15) is 31.7 Å². The summed E-state index contributed by atoms with van der Waals surface area (Å²) in [5.41, 5.74) is 1.22. The van der Waals surface area contributed by atoms with E-state index < -0.39 is 0 Å². The van der Waals surface area contributed by atoms with Crippen LogP contribution >= 0.6 is 11.8 Å². The Morgan fingerprint density at radius 2 is 2.13 bits per heavy atom. The third-order valence-electron chi connectivity index (χ3n) is 3.09. The Morgan fingerprint density at radius 3 is 2.60 bits per heavy atom. The van der Waals surface area contributed by atoms with Gasteiger partial charge in [-0.1, -0.05) is 19.1 Å². The molecule has 1 fully saturated rings. The lowest BCUT2D eigenvalue weighted by Gasteiger charge is -2.03. The standard InChI is InChI=1S/C13H15NS/c1-3-15-11-6-4-10(5-7-11)12-8-13(12,2)9-14/h4-7,12H,3,8H2,1-2H3. The van der Waals surface area contributed by atoms with E-state index in [2.05, 4.69) is 37.3 Å². The third-order valence-corrected chi connectivity index (χ3v) is 3.98. The topological polar surface area (TPSA) is 23.8 Å². The minimum Gasteiger partial charge on any atom is -0.198 e. The van der Waals surface area contributed by atoms with Crippen molar-refractivity contribution in [1.82, 2.24) is 0 Å². The fourth-order valence-electron chi connectivity index (χ4n) is 1.94. The van der Waals surface area contributed by atoms with E-state index >= 15 is 0 Å². The van der Waals surface area contributed by atoms with Gasteiger partial charge in [-0.3, -0.25) is 0 Å². The molecule has 1 saturated carbocycles. The third kappa shape index (κ3) is 2.03. The first-order valence-electron chi connectivity index (χ1n) is 5.33. The number of rotatable bonds is 3. The number of benzene rings is 1. The molecule has 1 nitrogen and oxygen atoms in total. The molecule has 2 rings (SSSR count). The van der Waals surface area contributed by atoms with Crippen LogP contribution in [-0.4, -0.2) is 5.75 Å². The molecular weight excluding hydrogens is 202 g/mol. The van der Waals surface area contributed by atoms with E-state index in [0.717, 1.165) is 12.2 Å². The first kappa shape index (κ1) is 10.6. The van der Waals surface area contributed by atoms with Crippen LogP contribution in [0.3, 0.4) is 0 Å². The molecule has 0 saturated heterocycles. The first-order valence-corrected chi connectivity index (χ1v) is 6.32. The van der Waals surface area contributed by atoms with Gasteiger partial charge >= 0.3 is 0 Å². The van der Waals surface area contributed by atoms with Crippen molar-refractivity contribution in [2.75, 3.05) is 5.75 Å². The molecule has 1 aliphatic carbocycles. The van der Waals surface area contributed by atoms with Crippen molar-refractivity contribution in [2.45, 2.75) is 31.1 Å². The number of nitriles is 1. The van der Waals surface area contributed by atoms with Gasteiger partial charge in [0.2, 0.25) is 0 Å². The van der Waals surface area contributed by atoms with Gasteiger partial charge < -0.3 is 0 Å². The van der Waals surface area contributed by atoms with Crippen molar-refractivity contribution in [1.29, 1.82) is 5.26 Å². The average molecular weight is 217 g/mol. The lowest BCUT2D eigenvalue weighted by atomic mass is 10.0. The van der Waals surface area contributed by atoms with E-state index in [0.29, 0.717) is 5.92 Å². The van der Waals surface area contributed by atoms with Crippen LogP contribution in [0.15, 0.2) is 29.2 Å². The minimum atomic E-state index is -0.0978. The highest BCUT2D eigenvalue weighted by Crippen LogP contribution is 2.58. The maximum absolute atomic E-state index is 8.98. The van der Waals surface area contributed by atoms with Crippen molar-refractivity contribution in [2.24, 2.45) is 5.41 Å². The normalized spacial score (nSPS) is 28.5. The summed E-state index contributed by atoms with van der Waals surface area (Å²) >= 11 is 1.86. The minimum absolute atomic E-state index is 0.0978. The molecular formula is C13H15NS. The second kappa shape index (κ2) is 3.90. The molecule has 1 aromatic carbocycles. The number of nitrogens with zero attached hydrogens (tertiary/aromatic N) is 1. The summed E-state index contributed by atoms with van der Waals surface area (Å²) in [6, 6.07) is 11.1. The summed E-state index contributed by atoms with van der Waals surface area (Å²) in [6.45, 7) is 4.21. The van der Waals surface area contributed by atoms with Crippen molar-refractivity contribution < 1.29 is 0 Å². The SMILES string of the molecule is CCSc1ccc(C2CC2(C)C#N)cc1. The Balaban J connectivity index is 2.10. The van der Waals surface area contributed by atoms with E-state index in [9.17, 15) is 0 Å². The van der Waals surface area contributed by atoms with Crippen molar-refractivity contribution in [3.05, 3.63) is 29.8 Å². The molecule has 2 atom stereocenters. The monoisotopic (exact) mass is 217 g/mol. The number of thioether (sulfide) groups is 1. The van der Waals surface area contributed by atoms with E-state index in [1.165, 1.54) is 10.5 Å². The van der Waals surface area contributed by atoms with Gasteiger partial charge in [-0.25, -0.2) is 0 Å². The molecule has 0 spiro atoms. The van der Waals surface area contributed by atoms with Crippen molar-refractivity contribution in [3.63, 3.8) is 0 Å². The maximum atomic E-state index is 8.98. The van der Waals surface area contributed by atoms with Crippen LogP contribution in [0.25, 0.3) is 0 Å². The lowest BCUT2D eigenvalue weighted by molar-refractivity contribution is 0.727. The van der Waals surface area contributed by atoms with Gasteiger partial charge in [0.25, 0.3) is 0 Å². The van der Waals surface area contributed by atoms with Gasteiger partial charge in [-0.05, 0) is 36.8 Å². The smallest absolute Gasteiger partial charge is 0.0693 e. The predicted octanol–water partition coefficient (Wildman–Crippen LogP) is 3.82. The number of hydrogen-bond donors (Lipinski definition) is 0. The quantitative estimate of drug-likeness (QED) is 0.719. The zero-order valence-electron chi connectivity index (χ0n) is 9.16. The van der Waals surface area contributed by atoms with Crippen LogP contribution in [0.2, 0.25) is 0 Å². The Bertz CT molecular complexity index is 390. The van der Waals surface area contributed by atoms with Crippen molar-refractivity contribution in [3.8, 4) is 6.07 Å². The van der Waals surface area contributed by atoms with E-state index in [-0.39, 0.29) is 5.41 Å². The van der Waals surface area contributed by atoms with E-state index in [1.807, 2.05) is 18.7 Å². The summed E-state index contributed by atoms with van der Waals surface area (Å²) in [5, 5.41) is 8.98. The zero-order valence-corrected chi connectivity index (χ0v) is 9.97. The van der Waals surface area contributed by atoms with Crippen LogP contribution in [0.4, 0.5) is 0 Å².